The van der Waals surface area contributed by atoms with E-state index in [1.807, 2.05) is 18.2 Å². The first-order chi connectivity index (χ1) is 10.8. The molecule has 2 N–H and O–H groups in total. The Hall–Kier alpha value is -1.49. The van der Waals surface area contributed by atoms with Crippen molar-refractivity contribution in [2.45, 2.75) is 57.5 Å². The lowest BCUT2D eigenvalue weighted by Gasteiger charge is -2.22. The van der Waals surface area contributed by atoms with Crippen LogP contribution in [0.25, 0.3) is 0 Å². The minimum absolute atomic E-state index is 0.313. The molecule has 1 aliphatic carbocycles. The number of ether oxygens (including phenoxy) is 2. The molecule has 0 atom stereocenters. The number of thiocarbonyl (C=S) groups is 1. The highest BCUT2D eigenvalue weighted by molar-refractivity contribution is 7.80. The van der Waals surface area contributed by atoms with Gasteiger partial charge in [0.1, 0.15) is 0 Å². The van der Waals surface area contributed by atoms with Crippen molar-refractivity contribution in [1.82, 2.24) is 10.6 Å². The van der Waals surface area contributed by atoms with Gasteiger partial charge in [-0.1, -0.05) is 38.2 Å². The van der Waals surface area contributed by atoms with Crippen LogP contribution in [-0.2, 0) is 6.54 Å². The number of nitrogens with one attached hydrogen (secondary N) is 2. The number of hydrogen-bond donors (Lipinski definition) is 2. The first-order valence-corrected chi connectivity index (χ1v) is 8.65. The summed E-state index contributed by atoms with van der Waals surface area (Å²) < 4.78 is 10.7. The molecule has 1 fully saturated rings. The van der Waals surface area contributed by atoms with Crippen LogP contribution in [0, 0.1) is 0 Å². The van der Waals surface area contributed by atoms with Gasteiger partial charge in [0.2, 0.25) is 6.79 Å². The monoisotopic (exact) mass is 320 g/mol. The largest absolute Gasteiger partial charge is 0.454 e. The van der Waals surface area contributed by atoms with Crippen LogP contribution in [0.3, 0.4) is 0 Å². The number of rotatable bonds is 3. The van der Waals surface area contributed by atoms with E-state index >= 15 is 0 Å². The zero-order chi connectivity index (χ0) is 15.2. The fourth-order valence-corrected chi connectivity index (χ4v) is 3.31. The van der Waals surface area contributed by atoms with E-state index in [0.29, 0.717) is 19.4 Å². The van der Waals surface area contributed by atoms with Crippen LogP contribution >= 0.6 is 12.2 Å². The van der Waals surface area contributed by atoms with E-state index in [9.17, 15) is 0 Å². The van der Waals surface area contributed by atoms with E-state index in [2.05, 4.69) is 10.6 Å². The summed E-state index contributed by atoms with van der Waals surface area (Å²) >= 11 is 5.43. The zero-order valence-electron chi connectivity index (χ0n) is 12.9. The van der Waals surface area contributed by atoms with E-state index in [1.165, 1.54) is 44.9 Å². The van der Waals surface area contributed by atoms with Crippen molar-refractivity contribution in [3.8, 4) is 11.5 Å². The van der Waals surface area contributed by atoms with Crippen LogP contribution in [0.2, 0.25) is 0 Å². The Morgan fingerprint density at radius 2 is 1.77 bits per heavy atom. The molecular weight excluding hydrogens is 296 g/mol. The molecule has 5 heteroatoms. The quantitative estimate of drug-likeness (QED) is 0.835. The van der Waals surface area contributed by atoms with Gasteiger partial charge in [0.05, 0.1) is 0 Å². The van der Waals surface area contributed by atoms with Crippen LogP contribution < -0.4 is 20.1 Å². The molecule has 0 bridgehead atoms. The van der Waals surface area contributed by atoms with Crippen molar-refractivity contribution in [1.29, 1.82) is 0 Å². The summed E-state index contributed by atoms with van der Waals surface area (Å²) in [6.07, 6.45) is 9.17. The van der Waals surface area contributed by atoms with E-state index in [0.717, 1.165) is 22.2 Å². The lowest BCUT2D eigenvalue weighted by molar-refractivity contribution is 0.174. The highest BCUT2D eigenvalue weighted by Gasteiger charge is 2.14. The minimum Gasteiger partial charge on any atom is -0.454 e. The summed E-state index contributed by atoms with van der Waals surface area (Å²) in [6.45, 7) is 1.02. The molecule has 0 amide bonds. The van der Waals surface area contributed by atoms with Gasteiger partial charge in [-0.2, -0.15) is 0 Å². The van der Waals surface area contributed by atoms with Crippen LogP contribution in [0.1, 0.15) is 50.5 Å². The van der Waals surface area contributed by atoms with E-state index in [-0.39, 0.29) is 0 Å². The Labute approximate surface area is 137 Å². The van der Waals surface area contributed by atoms with Gasteiger partial charge in [-0.3, -0.25) is 0 Å². The maximum atomic E-state index is 5.43. The molecule has 1 heterocycles. The predicted molar refractivity (Wildman–Crippen MR) is 91.2 cm³/mol. The summed E-state index contributed by atoms with van der Waals surface area (Å²) in [6, 6.07) is 6.52. The summed E-state index contributed by atoms with van der Waals surface area (Å²) in [5, 5.41) is 7.52. The van der Waals surface area contributed by atoms with Crippen molar-refractivity contribution in [2.75, 3.05) is 6.79 Å². The Kier molecular flexibility index (Phi) is 5.38. The van der Waals surface area contributed by atoms with Gasteiger partial charge in [0.15, 0.2) is 16.6 Å². The zero-order valence-corrected chi connectivity index (χ0v) is 13.7. The SMILES string of the molecule is S=C(NCc1ccc2c(c1)OCO2)NC1CCCCCCC1. The van der Waals surface area contributed by atoms with E-state index in [1.54, 1.807) is 0 Å². The van der Waals surface area contributed by atoms with E-state index < -0.39 is 0 Å². The highest BCUT2D eigenvalue weighted by Crippen LogP contribution is 2.32. The lowest BCUT2D eigenvalue weighted by atomic mass is 9.97. The molecule has 0 aromatic heterocycles. The summed E-state index contributed by atoms with van der Waals surface area (Å²) in [7, 11) is 0. The third-order valence-corrected chi connectivity index (χ3v) is 4.59. The molecule has 0 radical (unpaired) electrons. The first kappa shape index (κ1) is 15.4. The van der Waals surface area contributed by atoms with E-state index in [4.69, 9.17) is 21.7 Å². The third kappa shape index (κ3) is 4.26. The maximum absolute atomic E-state index is 5.43. The second-order valence-electron chi connectivity index (χ2n) is 6.06. The second kappa shape index (κ2) is 7.68. The fourth-order valence-electron chi connectivity index (χ4n) is 3.07. The average Bonchev–Trinajstić information content (AvgIpc) is 2.95. The smallest absolute Gasteiger partial charge is 0.231 e. The first-order valence-electron chi connectivity index (χ1n) is 8.24. The Morgan fingerprint density at radius 3 is 2.59 bits per heavy atom. The molecule has 1 saturated carbocycles. The molecule has 0 spiro atoms. The molecule has 2 aliphatic rings. The molecule has 0 saturated heterocycles. The van der Waals surface area contributed by atoms with Crippen molar-refractivity contribution in [2.24, 2.45) is 0 Å². The second-order valence-corrected chi connectivity index (χ2v) is 6.46. The molecule has 1 aromatic carbocycles. The number of fused-ring (bicyclic) bond motifs is 1. The molecule has 1 aliphatic heterocycles. The van der Waals surface area contributed by atoms with Gasteiger partial charge < -0.3 is 20.1 Å². The Morgan fingerprint density at radius 1 is 1.05 bits per heavy atom. The lowest BCUT2D eigenvalue weighted by Crippen LogP contribution is -2.41. The van der Waals surface area contributed by atoms with Crippen LogP contribution in [-0.4, -0.2) is 17.9 Å². The van der Waals surface area contributed by atoms with Gasteiger partial charge in [-0.25, -0.2) is 0 Å². The topological polar surface area (TPSA) is 42.5 Å². The summed E-state index contributed by atoms with van der Waals surface area (Å²) in [5.74, 6) is 1.64. The van der Waals surface area contributed by atoms with Gasteiger partial charge >= 0.3 is 0 Å². The molecule has 4 nitrogen and oxygen atoms in total. The molecular formula is C17H24N2O2S. The van der Waals surface area contributed by atoms with Crippen molar-refractivity contribution in [3.63, 3.8) is 0 Å². The normalized spacial score (nSPS) is 18.4. The molecule has 22 heavy (non-hydrogen) atoms. The summed E-state index contributed by atoms with van der Waals surface area (Å²) in [4.78, 5) is 0. The fraction of sp³-hybridized carbons (Fsp3) is 0.588. The Bertz CT molecular complexity index is 513. The maximum Gasteiger partial charge on any atom is 0.231 e. The molecule has 1 aromatic rings. The van der Waals surface area contributed by atoms with Gasteiger partial charge in [-0.05, 0) is 42.8 Å². The third-order valence-electron chi connectivity index (χ3n) is 4.33. The molecule has 0 unspecified atom stereocenters. The number of benzene rings is 1. The molecule has 3 rings (SSSR count). The average molecular weight is 320 g/mol. The highest BCUT2D eigenvalue weighted by atomic mass is 32.1. The minimum atomic E-state index is 0.313. The standard InChI is InChI=1S/C17H24N2O2S/c22-17(19-14-6-4-2-1-3-5-7-14)18-11-13-8-9-15-16(10-13)21-12-20-15/h8-10,14H,1-7,11-12H2,(H2,18,19,22). The Balaban J connectivity index is 1.45. The molecule has 120 valence electrons. The van der Waals surface area contributed by atoms with Gasteiger partial charge in [-0.15, -0.1) is 0 Å². The number of hydrogen-bond acceptors (Lipinski definition) is 3. The van der Waals surface area contributed by atoms with Gasteiger partial charge in [0, 0.05) is 12.6 Å². The van der Waals surface area contributed by atoms with Crippen LogP contribution in [0.15, 0.2) is 18.2 Å². The van der Waals surface area contributed by atoms with Crippen LogP contribution in [0.5, 0.6) is 11.5 Å². The van der Waals surface area contributed by atoms with Gasteiger partial charge in [0.25, 0.3) is 0 Å². The summed E-state index contributed by atoms with van der Waals surface area (Å²) in [5.41, 5.74) is 1.14. The predicted octanol–water partition coefficient (Wildman–Crippen LogP) is 3.49. The van der Waals surface area contributed by atoms with Crippen molar-refractivity contribution >= 4 is 17.3 Å². The van der Waals surface area contributed by atoms with Crippen molar-refractivity contribution < 1.29 is 9.47 Å². The van der Waals surface area contributed by atoms with Crippen LogP contribution in [0.4, 0.5) is 0 Å². The van der Waals surface area contributed by atoms with Crippen molar-refractivity contribution in [3.05, 3.63) is 23.8 Å².